The molecule has 2 aromatic heterocycles. The fraction of sp³-hybridized carbons (Fsp3) is 0.458. The lowest BCUT2D eigenvalue weighted by Gasteiger charge is -2.25. The first-order valence-corrected chi connectivity index (χ1v) is 11.3. The van der Waals surface area contributed by atoms with E-state index in [1.807, 2.05) is 38.1 Å². The minimum atomic E-state index is -0.733. The van der Waals surface area contributed by atoms with Gasteiger partial charge in [-0.3, -0.25) is 9.78 Å². The van der Waals surface area contributed by atoms with Crippen molar-refractivity contribution in [2.45, 2.75) is 64.1 Å². The summed E-state index contributed by atoms with van der Waals surface area (Å²) in [7, 11) is 0. The summed E-state index contributed by atoms with van der Waals surface area (Å²) >= 11 is 6.50. The number of imidazole rings is 1. The molecule has 1 saturated carbocycles. The van der Waals surface area contributed by atoms with Crippen LogP contribution in [0.25, 0.3) is 22.4 Å². The van der Waals surface area contributed by atoms with E-state index in [1.54, 1.807) is 6.07 Å². The number of halogens is 1. The molecular weight excluding hydrogens is 430 g/mol. The molecule has 0 amide bonds. The number of aliphatic hydroxyl groups is 1. The summed E-state index contributed by atoms with van der Waals surface area (Å²) < 4.78 is 5.96. The number of H-pyrrole nitrogens is 1. The number of hydrogen-bond donors (Lipinski definition) is 3. The van der Waals surface area contributed by atoms with Gasteiger partial charge in [-0.2, -0.15) is 4.98 Å². The zero-order valence-corrected chi connectivity index (χ0v) is 19.0. The van der Waals surface area contributed by atoms with Crippen molar-refractivity contribution in [1.82, 2.24) is 15.0 Å². The van der Waals surface area contributed by atoms with Crippen LogP contribution in [0.5, 0.6) is 6.01 Å². The molecule has 170 valence electrons. The molecule has 4 rings (SSSR count). The van der Waals surface area contributed by atoms with Gasteiger partial charge in [-0.05, 0) is 64.0 Å². The molecule has 32 heavy (non-hydrogen) atoms. The number of ether oxygens (including phenoxy) is 1. The van der Waals surface area contributed by atoms with Gasteiger partial charge < -0.3 is 14.9 Å². The summed E-state index contributed by atoms with van der Waals surface area (Å²) in [6.45, 7) is 3.62. The summed E-state index contributed by atoms with van der Waals surface area (Å²) in [6.07, 6.45) is 4.02. The van der Waals surface area contributed by atoms with Crippen molar-refractivity contribution in [3.8, 4) is 17.3 Å². The molecule has 7 nitrogen and oxygen atoms in total. The third-order valence-electron chi connectivity index (χ3n) is 5.96. The third kappa shape index (κ3) is 5.40. The molecule has 1 fully saturated rings. The van der Waals surface area contributed by atoms with Gasteiger partial charge in [-0.1, -0.05) is 35.9 Å². The number of carboxylic acids is 1. The van der Waals surface area contributed by atoms with E-state index in [2.05, 4.69) is 15.0 Å². The van der Waals surface area contributed by atoms with Crippen molar-refractivity contribution in [3.63, 3.8) is 0 Å². The molecule has 0 unspecified atom stereocenters. The lowest BCUT2D eigenvalue weighted by molar-refractivity contribution is -0.143. The number of hydrogen-bond acceptors (Lipinski definition) is 5. The number of nitrogens with zero attached hydrogens (tertiary/aromatic N) is 2. The Morgan fingerprint density at radius 1 is 1.19 bits per heavy atom. The molecule has 3 N–H and O–H groups in total. The maximum absolute atomic E-state index is 11.1. The van der Waals surface area contributed by atoms with Crippen molar-refractivity contribution in [1.29, 1.82) is 0 Å². The fourth-order valence-electron chi connectivity index (χ4n) is 4.02. The molecule has 0 atom stereocenters. The second kappa shape index (κ2) is 9.08. The number of aromatic nitrogens is 3. The molecule has 1 aliphatic carbocycles. The van der Waals surface area contributed by atoms with Gasteiger partial charge in [-0.25, -0.2) is 4.98 Å². The number of carbonyl (C=O) groups is 1. The van der Waals surface area contributed by atoms with Crippen LogP contribution < -0.4 is 4.74 Å². The first-order chi connectivity index (χ1) is 15.2. The number of pyridine rings is 1. The lowest BCUT2D eigenvalue weighted by Crippen LogP contribution is -2.28. The van der Waals surface area contributed by atoms with E-state index in [4.69, 9.17) is 21.4 Å². The van der Waals surface area contributed by atoms with E-state index in [-0.39, 0.29) is 12.0 Å². The van der Waals surface area contributed by atoms with E-state index in [1.165, 1.54) is 0 Å². The number of rotatable bonds is 7. The second-order valence-corrected chi connectivity index (χ2v) is 9.57. The monoisotopic (exact) mass is 457 g/mol. The molecule has 1 aromatic carbocycles. The third-order valence-corrected chi connectivity index (χ3v) is 6.25. The van der Waals surface area contributed by atoms with E-state index >= 15 is 0 Å². The molecule has 0 saturated heterocycles. The van der Waals surface area contributed by atoms with Crippen LogP contribution in [0.15, 0.2) is 30.3 Å². The fourth-order valence-corrected chi connectivity index (χ4v) is 4.27. The number of benzene rings is 1. The van der Waals surface area contributed by atoms with E-state index in [0.717, 1.165) is 17.5 Å². The minimum absolute atomic E-state index is 0.0578. The first kappa shape index (κ1) is 22.6. The van der Waals surface area contributed by atoms with Gasteiger partial charge in [0.15, 0.2) is 5.65 Å². The second-order valence-electron chi connectivity index (χ2n) is 9.17. The molecule has 2 heterocycles. The van der Waals surface area contributed by atoms with Gasteiger partial charge in [0.25, 0.3) is 6.01 Å². The van der Waals surface area contributed by atoms with Crippen molar-refractivity contribution in [3.05, 3.63) is 40.9 Å². The highest BCUT2D eigenvalue weighted by molar-refractivity contribution is 6.33. The zero-order valence-electron chi connectivity index (χ0n) is 18.3. The van der Waals surface area contributed by atoms with Crippen LogP contribution in [0.4, 0.5) is 0 Å². The number of nitrogens with one attached hydrogen (secondary N) is 1. The molecule has 0 aliphatic heterocycles. The van der Waals surface area contributed by atoms with Crippen molar-refractivity contribution in [2.75, 3.05) is 0 Å². The van der Waals surface area contributed by atoms with Gasteiger partial charge in [0.1, 0.15) is 11.6 Å². The Hall–Kier alpha value is -2.64. The number of fused-ring (bicyclic) bond motifs is 1. The van der Waals surface area contributed by atoms with Crippen LogP contribution in [0.1, 0.15) is 51.5 Å². The van der Waals surface area contributed by atoms with E-state index in [9.17, 15) is 9.90 Å². The lowest BCUT2D eigenvalue weighted by atomic mass is 9.87. The Balaban J connectivity index is 1.47. The number of carboxylic acid groups (broad SMARTS) is 1. The van der Waals surface area contributed by atoms with Crippen LogP contribution >= 0.6 is 11.6 Å². The van der Waals surface area contributed by atoms with E-state index in [0.29, 0.717) is 60.0 Å². The zero-order chi connectivity index (χ0) is 22.9. The average Bonchev–Trinajstić information content (AvgIpc) is 3.13. The predicted octanol–water partition coefficient (Wildman–Crippen LogP) is 5.00. The van der Waals surface area contributed by atoms with Gasteiger partial charge in [0, 0.05) is 5.56 Å². The summed E-state index contributed by atoms with van der Waals surface area (Å²) in [5.41, 5.74) is 3.21. The summed E-state index contributed by atoms with van der Waals surface area (Å²) in [4.78, 5) is 23.3. The Kier molecular flexibility index (Phi) is 6.40. The molecule has 8 heteroatoms. The molecule has 0 radical (unpaired) electrons. The van der Waals surface area contributed by atoms with Crippen molar-refractivity contribution >= 4 is 28.7 Å². The number of aliphatic carboxylic acids is 1. The van der Waals surface area contributed by atoms with Gasteiger partial charge >= 0.3 is 5.97 Å². The minimum Gasteiger partial charge on any atom is -0.481 e. The molecule has 0 bridgehead atoms. The quantitative estimate of drug-likeness (QED) is 0.460. The molecule has 3 aromatic rings. The van der Waals surface area contributed by atoms with Crippen LogP contribution in [-0.4, -0.2) is 42.8 Å². The highest BCUT2D eigenvalue weighted by Gasteiger charge is 2.27. The Bertz CT molecular complexity index is 1100. The summed E-state index contributed by atoms with van der Waals surface area (Å²) in [5, 5.41) is 19.6. The summed E-state index contributed by atoms with van der Waals surface area (Å²) in [6, 6.07) is 10.2. The van der Waals surface area contributed by atoms with E-state index < -0.39 is 11.6 Å². The standard InChI is InChI=1S/C24H28ClN3O4/c1-24(2,31)12-11-14-3-5-15(6-4-14)20-18(25)13-19-21(27-20)28-23(26-19)32-17-9-7-16(8-10-17)22(29)30/h3-6,13,16-17,31H,7-12H2,1-2H3,(H,29,30)(H,26,27,28)/t16-,17-. The van der Waals surface area contributed by atoms with Crippen molar-refractivity contribution in [2.24, 2.45) is 5.92 Å². The molecular formula is C24H28ClN3O4. The van der Waals surface area contributed by atoms with Crippen LogP contribution in [0.3, 0.4) is 0 Å². The Labute approximate surface area is 191 Å². The SMILES string of the molecule is CC(C)(O)CCc1ccc(-c2nc3[nH]c(O[C@H]4CC[C@H](C(=O)O)CC4)nc3cc2Cl)cc1. The average molecular weight is 458 g/mol. The summed E-state index contributed by atoms with van der Waals surface area (Å²) in [5.74, 6) is -1.01. The van der Waals surface area contributed by atoms with Gasteiger partial charge in [-0.15, -0.1) is 0 Å². The van der Waals surface area contributed by atoms with Crippen molar-refractivity contribution < 1.29 is 19.7 Å². The highest BCUT2D eigenvalue weighted by Crippen LogP contribution is 2.31. The highest BCUT2D eigenvalue weighted by atomic mass is 35.5. The number of aromatic amines is 1. The van der Waals surface area contributed by atoms with Gasteiger partial charge in [0.2, 0.25) is 0 Å². The maximum Gasteiger partial charge on any atom is 0.306 e. The Morgan fingerprint density at radius 3 is 2.50 bits per heavy atom. The number of aryl methyl sites for hydroxylation is 1. The maximum atomic E-state index is 11.1. The van der Waals surface area contributed by atoms with Crippen LogP contribution in [0.2, 0.25) is 5.02 Å². The van der Waals surface area contributed by atoms with Crippen LogP contribution in [0, 0.1) is 5.92 Å². The smallest absolute Gasteiger partial charge is 0.306 e. The molecule has 1 aliphatic rings. The predicted molar refractivity (Wildman–Crippen MR) is 123 cm³/mol. The van der Waals surface area contributed by atoms with Crippen LogP contribution in [-0.2, 0) is 11.2 Å². The molecule has 0 spiro atoms. The normalized spacial score (nSPS) is 19.2. The first-order valence-electron chi connectivity index (χ1n) is 11.0. The topological polar surface area (TPSA) is 108 Å². The largest absolute Gasteiger partial charge is 0.481 e. The van der Waals surface area contributed by atoms with Gasteiger partial charge in [0.05, 0.1) is 22.2 Å². The Morgan fingerprint density at radius 2 is 1.88 bits per heavy atom.